The molecular formula is C7H9N3O3S. The maximum Gasteiger partial charge on any atom is 0.296 e. The van der Waals surface area contributed by atoms with Crippen LogP contribution in [0.4, 0.5) is 11.4 Å². The molecule has 7 heteroatoms. The Labute approximate surface area is 81.2 Å². The van der Waals surface area contributed by atoms with E-state index in [9.17, 15) is 8.42 Å². The van der Waals surface area contributed by atoms with Gasteiger partial charge in [-0.25, -0.2) is 0 Å². The van der Waals surface area contributed by atoms with Crippen molar-refractivity contribution in [2.45, 2.75) is 4.90 Å². The fourth-order valence-electron chi connectivity index (χ4n) is 1.33. The van der Waals surface area contributed by atoms with E-state index < -0.39 is 10.1 Å². The summed E-state index contributed by atoms with van der Waals surface area (Å²) in [4.78, 5) is -0.133. The molecule has 14 heavy (non-hydrogen) atoms. The summed E-state index contributed by atoms with van der Waals surface area (Å²) in [6.07, 6.45) is 0. The Balaban J connectivity index is 2.62. The van der Waals surface area contributed by atoms with Crippen LogP contribution in [0.3, 0.4) is 0 Å². The third kappa shape index (κ3) is 1.41. The lowest BCUT2D eigenvalue weighted by Crippen LogP contribution is -2.24. The molecule has 0 aromatic heterocycles. The van der Waals surface area contributed by atoms with E-state index in [1.807, 2.05) is 0 Å². The van der Waals surface area contributed by atoms with Gasteiger partial charge in [0.05, 0.1) is 11.4 Å². The van der Waals surface area contributed by atoms with E-state index in [4.69, 9.17) is 4.55 Å². The number of rotatable bonds is 1. The van der Waals surface area contributed by atoms with Gasteiger partial charge in [-0.3, -0.25) is 15.4 Å². The molecule has 1 heterocycles. The van der Waals surface area contributed by atoms with Crippen LogP contribution in [0.2, 0.25) is 0 Å². The van der Waals surface area contributed by atoms with E-state index >= 15 is 0 Å². The Bertz CT molecular complexity index is 471. The summed E-state index contributed by atoms with van der Waals surface area (Å²) >= 11 is 0. The van der Waals surface area contributed by atoms with Gasteiger partial charge in [-0.05, 0) is 12.1 Å². The lowest BCUT2D eigenvalue weighted by molar-refractivity contribution is 0.481. The maximum atomic E-state index is 11.0. The van der Waals surface area contributed by atoms with Crippen LogP contribution in [-0.4, -0.2) is 25.1 Å². The van der Waals surface area contributed by atoms with E-state index in [2.05, 4.69) is 10.9 Å². The summed E-state index contributed by atoms with van der Waals surface area (Å²) < 4.78 is 30.9. The first-order valence-corrected chi connectivity index (χ1v) is 5.30. The second-order valence-corrected chi connectivity index (χ2v) is 4.33. The van der Waals surface area contributed by atoms with Crippen molar-refractivity contribution in [1.82, 2.24) is 5.12 Å². The first kappa shape index (κ1) is 9.25. The molecule has 1 aliphatic heterocycles. The minimum Gasteiger partial charge on any atom is -0.300 e. The summed E-state index contributed by atoms with van der Waals surface area (Å²) in [5.74, 6) is 0. The smallest absolute Gasteiger partial charge is 0.296 e. The van der Waals surface area contributed by atoms with Crippen molar-refractivity contribution in [1.29, 1.82) is 0 Å². The number of benzene rings is 1. The molecule has 76 valence electrons. The SMILES string of the molecule is CN1Nc2cccc(S(=O)(=O)O)c2N1. The summed E-state index contributed by atoms with van der Waals surface area (Å²) in [6.45, 7) is 0. The van der Waals surface area contributed by atoms with Gasteiger partial charge in [0.15, 0.2) is 0 Å². The standard InChI is InChI=1S/C7H9N3O3S/c1-10-8-5-3-2-4-6(7(5)9-10)14(11,12)13/h2-4,8-9H,1H3,(H,11,12,13). The van der Waals surface area contributed by atoms with E-state index in [0.717, 1.165) is 0 Å². The van der Waals surface area contributed by atoms with Crippen LogP contribution in [0.1, 0.15) is 0 Å². The van der Waals surface area contributed by atoms with Crippen molar-refractivity contribution in [3.8, 4) is 0 Å². The molecule has 0 saturated heterocycles. The number of hydrogen-bond donors (Lipinski definition) is 3. The second kappa shape index (κ2) is 2.84. The Morgan fingerprint density at radius 3 is 2.71 bits per heavy atom. The first-order chi connectivity index (χ1) is 6.48. The third-order valence-electron chi connectivity index (χ3n) is 1.87. The van der Waals surface area contributed by atoms with Crippen LogP contribution < -0.4 is 10.9 Å². The topological polar surface area (TPSA) is 81.7 Å². The molecular weight excluding hydrogens is 206 g/mol. The molecule has 1 aromatic rings. The lowest BCUT2D eigenvalue weighted by Gasteiger charge is -2.08. The molecule has 0 unspecified atom stereocenters. The van der Waals surface area contributed by atoms with Gasteiger partial charge in [0.25, 0.3) is 10.1 Å². The zero-order chi connectivity index (χ0) is 10.3. The van der Waals surface area contributed by atoms with Crippen LogP contribution in [0.25, 0.3) is 0 Å². The Hall–Kier alpha value is -1.31. The van der Waals surface area contributed by atoms with Gasteiger partial charge in [0.2, 0.25) is 0 Å². The largest absolute Gasteiger partial charge is 0.300 e. The summed E-state index contributed by atoms with van der Waals surface area (Å²) in [6, 6.07) is 4.60. The zero-order valence-electron chi connectivity index (χ0n) is 7.35. The number of hydrazine groups is 2. The van der Waals surface area contributed by atoms with Gasteiger partial charge in [-0.15, -0.1) is 5.12 Å². The third-order valence-corrected chi connectivity index (χ3v) is 2.77. The molecule has 0 radical (unpaired) electrons. The van der Waals surface area contributed by atoms with E-state index in [-0.39, 0.29) is 4.90 Å². The van der Waals surface area contributed by atoms with E-state index in [1.54, 1.807) is 19.2 Å². The molecule has 0 amide bonds. The maximum absolute atomic E-state index is 11.0. The highest BCUT2D eigenvalue weighted by Gasteiger charge is 2.23. The number of hydrogen-bond acceptors (Lipinski definition) is 5. The van der Waals surface area contributed by atoms with Gasteiger partial charge in [-0.1, -0.05) is 6.07 Å². The highest BCUT2D eigenvalue weighted by molar-refractivity contribution is 7.86. The van der Waals surface area contributed by atoms with Crippen LogP contribution >= 0.6 is 0 Å². The van der Waals surface area contributed by atoms with Gasteiger partial charge >= 0.3 is 0 Å². The second-order valence-electron chi connectivity index (χ2n) is 2.94. The number of para-hydroxylation sites is 1. The minimum absolute atomic E-state index is 0.133. The molecule has 1 aliphatic rings. The predicted molar refractivity (Wildman–Crippen MR) is 51.3 cm³/mol. The highest BCUT2D eigenvalue weighted by Crippen LogP contribution is 2.33. The fourth-order valence-corrected chi connectivity index (χ4v) is 2.00. The first-order valence-electron chi connectivity index (χ1n) is 3.86. The predicted octanol–water partition coefficient (Wildman–Crippen LogP) is 0.532. The van der Waals surface area contributed by atoms with Gasteiger partial charge in [-0.2, -0.15) is 8.42 Å². The van der Waals surface area contributed by atoms with E-state index in [0.29, 0.717) is 11.4 Å². The van der Waals surface area contributed by atoms with Crippen molar-refractivity contribution < 1.29 is 13.0 Å². The van der Waals surface area contributed by atoms with Crippen LogP contribution in [0.15, 0.2) is 23.1 Å². The van der Waals surface area contributed by atoms with Crippen LogP contribution in [0.5, 0.6) is 0 Å². The molecule has 0 spiro atoms. The Morgan fingerprint density at radius 1 is 1.36 bits per heavy atom. The molecule has 6 nitrogen and oxygen atoms in total. The van der Waals surface area contributed by atoms with Crippen LogP contribution in [-0.2, 0) is 10.1 Å². The quantitative estimate of drug-likeness (QED) is 0.593. The van der Waals surface area contributed by atoms with Gasteiger partial charge < -0.3 is 0 Å². The molecule has 0 fully saturated rings. The van der Waals surface area contributed by atoms with Crippen LogP contribution in [0, 0.1) is 0 Å². The summed E-state index contributed by atoms with van der Waals surface area (Å²) in [5, 5.41) is 1.50. The number of fused-ring (bicyclic) bond motifs is 1. The monoisotopic (exact) mass is 215 g/mol. The molecule has 1 aromatic carbocycles. The Morgan fingerprint density at radius 2 is 2.07 bits per heavy atom. The van der Waals surface area contributed by atoms with E-state index in [1.165, 1.54) is 11.2 Å². The zero-order valence-corrected chi connectivity index (χ0v) is 8.17. The summed E-state index contributed by atoms with van der Waals surface area (Å²) in [7, 11) is -2.49. The van der Waals surface area contributed by atoms with Crippen molar-refractivity contribution in [2.75, 3.05) is 17.9 Å². The number of nitrogens with zero attached hydrogens (tertiary/aromatic N) is 1. The fraction of sp³-hybridized carbons (Fsp3) is 0.143. The average Bonchev–Trinajstić information content (AvgIpc) is 2.41. The molecule has 0 bridgehead atoms. The molecule has 3 N–H and O–H groups in total. The Kier molecular flexibility index (Phi) is 1.88. The van der Waals surface area contributed by atoms with Crippen molar-refractivity contribution in [2.24, 2.45) is 0 Å². The van der Waals surface area contributed by atoms with Crippen molar-refractivity contribution in [3.63, 3.8) is 0 Å². The van der Waals surface area contributed by atoms with Crippen molar-refractivity contribution in [3.05, 3.63) is 18.2 Å². The molecule has 2 rings (SSSR count). The lowest BCUT2D eigenvalue weighted by atomic mass is 10.3. The molecule has 0 saturated carbocycles. The summed E-state index contributed by atoms with van der Waals surface area (Å²) in [5.41, 5.74) is 6.58. The van der Waals surface area contributed by atoms with Gasteiger partial charge in [0, 0.05) is 7.05 Å². The minimum atomic E-state index is -4.18. The molecule has 0 aliphatic carbocycles. The number of nitrogens with one attached hydrogen (secondary N) is 2. The highest BCUT2D eigenvalue weighted by atomic mass is 32.2. The number of anilines is 2. The average molecular weight is 215 g/mol. The van der Waals surface area contributed by atoms with Crippen molar-refractivity contribution >= 4 is 21.5 Å². The molecule has 0 atom stereocenters. The normalized spacial score (nSPS) is 15.9. The van der Waals surface area contributed by atoms with Gasteiger partial charge in [0.1, 0.15) is 4.90 Å².